The van der Waals surface area contributed by atoms with Crippen molar-refractivity contribution in [1.29, 1.82) is 0 Å². The first-order chi connectivity index (χ1) is 12.0. The van der Waals surface area contributed by atoms with E-state index in [0.717, 1.165) is 13.1 Å². The van der Waals surface area contributed by atoms with Gasteiger partial charge in [-0.1, -0.05) is 5.21 Å². The predicted molar refractivity (Wildman–Crippen MR) is 93.5 cm³/mol. The lowest BCUT2D eigenvalue weighted by Gasteiger charge is -2.31. The number of nitrogens with zero attached hydrogens (tertiary/aromatic N) is 5. The summed E-state index contributed by atoms with van der Waals surface area (Å²) in [4.78, 5) is 27.6. The Balaban J connectivity index is 1.78. The number of hydrogen-bond donors (Lipinski definition) is 2. The normalized spacial score (nSPS) is 15.2. The number of anilines is 2. The number of aromatic nitrogens is 3. The summed E-state index contributed by atoms with van der Waals surface area (Å²) < 4.78 is 1.42. The van der Waals surface area contributed by atoms with Gasteiger partial charge in [0.15, 0.2) is 11.5 Å². The van der Waals surface area contributed by atoms with E-state index < -0.39 is 0 Å². The number of likely N-dealkylation sites (N-methyl/N-ethyl adjacent to an activating group) is 1. The number of nitrogens with two attached hydrogens (primary N) is 1. The predicted octanol–water partition coefficient (Wildman–Crippen LogP) is 0.196. The fraction of sp³-hybridized carbons (Fsp3) is 0.375. The Bertz CT molecular complexity index is 776. The van der Waals surface area contributed by atoms with Crippen LogP contribution in [0.2, 0.25) is 0 Å². The van der Waals surface area contributed by atoms with Crippen LogP contribution in [0.1, 0.15) is 17.4 Å². The maximum absolute atomic E-state index is 12.6. The highest BCUT2D eigenvalue weighted by Crippen LogP contribution is 2.19. The highest BCUT2D eigenvalue weighted by atomic mass is 16.2. The third kappa shape index (κ3) is 3.61. The fourth-order valence-electron chi connectivity index (χ4n) is 2.68. The summed E-state index contributed by atoms with van der Waals surface area (Å²) in [6, 6.07) is 6.97. The van der Waals surface area contributed by atoms with Gasteiger partial charge < -0.3 is 20.9 Å². The van der Waals surface area contributed by atoms with Crippen molar-refractivity contribution in [3.63, 3.8) is 0 Å². The lowest BCUT2D eigenvalue weighted by atomic mass is 10.2. The molecule has 2 amide bonds. The minimum atomic E-state index is -0.202. The van der Waals surface area contributed by atoms with Gasteiger partial charge in [0.1, 0.15) is 0 Å². The zero-order valence-electron chi connectivity index (χ0n) is 14.3. The van der Waals surface area contributed by atoms with Gasteiger partial charge in [0.05, 0.1) is 5.69 Å². The Hall–Kier alpha value is -2.94. The number of hydrogen-bond acceptors (Lipinski definition) is 6. The van der Waals surface area contributed by atoms with Crippen molar-refractivity contribution >= 4 is 23.3 Å². The van der Waals surface area contributed by atoms with Crippen LogP contribution in [0.15, 0.2) is 24.3 Å². The largest absolute Gasteiger partial charge is 0.382 e. The molecule has 1 aliphatic rings. The molecule has 0 atom stereocenters. The van der Waals surface area contributed by atoms with Crippen LogP contribution in [0, 0.1) is 0 Å². The number of amides is 2. The smallest absolute Gasteiger partial charge is 0.278 e. The molecule has 9 heteroatoms. The molecular formula is C16H21N7O2. The number of carbonyl (C=O) groups excluding carboxylic acids is 2. The number of nitrogens with one attached hydrogen (secondary N) is 1. The molecule has 2 heterocycles. The zero-order valence-corrected chi connectivity index (χ0v) is 14.3. The van der Waals surface area contributed by atoms with Crippen molar-refractivity contribution in [2.75, 3.05) is 44.3 Å². The van der Waals surface area contributed by atoms with Crippen LogP contribution < -0.4 is 11.1 Å². The Morgan fingerprint density at radius 2 is 1.76 bits per heavy atom. The Morgan fingerprint density at radius 3 is 2.36 bits per heavy atom. The minimum absolute atomic E-state index is 0.145. The van der Waals surface area contributed by atoms with Crippen LogP contribution >= 0.6 is 0 Å². The monoisotopic (exact) mass is 343 g/mol. The van der Waals surface area contributed by atoms with Gasteiger partial charge in [-0.2, -0.15) is 4.68 Å². The van der Waals surface area contributed by atoms with E-state index in [1.807, 2.05) is 7.05 Å². The SMILES string of the molecule is CC(=O)Nc1ccc(-n2nnc(C(=O)N3CCN(C)CC3)c2N)cc1. The van der Waals surface area contributed by atoms with Gasteiger partial charge in [-0.15, -0.1) is 5.10 Å². The molecular weight excluding hydrogens is 322 g/mol. The maximum Gasteiger partial charge on any atom is 0.278 e. The van der Waals surface area contributed by atoms with Crippen LogP contribution in [0.4, 0.5) is 11.5 Å². The number of rotatable bonds is 3. The molecule has 1 aromatic heterocycles. The summed E-state index contributed by atoms with van der Waals surface area (Å²) in [6.45, 7) is 4.38. The van der Waals surface area contributed by atoms with E-state index in [1.54, 1.807) is 29.2 Å². The second kappa shape index (κ2) is 6.89. The van der Waals surface area contributed by atoms with Gasteiger partial charge in [0.2, 0.25) is 5.91 Å². The van der Waals surface area contributed by atoms with E-state index in [4.69, 9.17) is 5.73 Å². The van der Waals surface area contributed by atoms with Gasteiger partial charge in [-0.3, -0.25) is 9.59 Å². The summed E-state index contributed by atoms with van der Waals surface area (Å²) >= 11 is 0. The molecule has 2 aromatic rings. The molecule has 0 saturated carbocycles. The molecule has 25 heavy (non-hydrogen) atoms. The average Bonchev–Trinajstić information content (AvgIpc) is 2.97. The Labute approximate surface area is 145 Å². The lowest BCUT2D eigenvalue weighted by Crippen LogP contribution is -2.47. The quantitative estimate of drug-likeness (QED) is 0.824. The van der Waals surface area contributed by atoms with Crippen LogP contribution in [0.25, 0.3) is 5.69 Å². The molecule has 0 radical (unpaired) electrons. The van der Waals surface area contributed by atoms with Crippen LogP contribution in [-0.4, -0.2) is 69.8 Å². The van der Waals surface area contributed by atoms with E-state index in [-0.39, 0.29) is 23.3 Å². The third-order valence-electron chi connectivity index (χ3n) is 4.13. The first kappa shape index (κ1) is 16.9. The zero-order chi connectivity index (χ0) is 18.0. The molecule has 3 N–H and O–H groups in total. The molecule has 1 fully saturated rings. The van der Waals surface area contributed by atoms with E-state index in [0.29, 0.717) is 24.5 Å². The van der Waals surface area contributed by atoms with Gasteiger partial charge >= 0.3 is 0 Å². The van der Waals surface area contributed by atoms with Gasteiger partial charge in [0.25, 0.3) is 5.91 Å². The van der Waals surface area contributed by atoms with E-state index in [9.17, 15) is 9.59 Å². The molecule has 1 aliphatic heterocycles. The summed E-state index contributed by atoms with van der Waals surface area (Å²) in [7, 11) is 2.02. The van der Waals surface area contributed by atoms with Crippen molar-refractivity contribution in [2.24, 2.45) is 0 Å². The van der Waals surface area contributed by atoms with Gasteiger partial charge in [0, 0.05) is 38.8 Å². The molecule has 132 valence electrons. The van der Waals surface area contributed by atoms with Crippen molar-refractivity contribution in [3.05, 3.63) is 30.0 Å². The maximum atomic E-state index is 12.6. The van der Waals surface area contributed by atoms with E-state index in [1.165, 1.54) is 11.6 Å². The number of benzene rings is 1. The van der Waals surface area contributed by atoms with E-state index in [2.05, 4.69) is 20.5 Å². The van der Waals surface area contributed by atoms with Crippen LogP contribution in [-0.2, 0) is 4.79 Å². The topological polar surface area (TPSA) is 109 Å². The Morgan fingerprint density at radius 1 is 1.12 bits per heavy atom. The van der Waals surface area contributed by atoms with Crippen LogP contribution in [0.3, 0.4) is 0 Å². The number of nitrogen functional groups attached to an aromatic ring is 1. The lowest BCUT2D eigenvalue weighted by molar-refractivity contribution is -0.114. The number of carbonyl (C=O) groups is 2. The molecule has 0 bridgehead atoms. The fourth-order valence-corrected chi connectivity index (χ4v) is 2.68. The Kier molecular flexibility index (Phi) is 4.66. The molecule has 1 aromatic carbocycles. The molecule has 0 spiro atoms. The standard InChI is InChI=1S/C16H21N7O2/c1-11(24)18-12-3-5-13(6-4-12)23-15(17)14(19-20-23)16(25)22-9-7-21(2)8-10-22/h3-6H,7-10,17H2,1-2H3,(H,18,24). The minimum Gasteiger partial charge on any atom is -0.382 e. The molecule has 0 aliphatic carbocycles. The van der Waals surface area contributed by atoms with Gasteiger partial charge in [-0.25, -0.2) is 0 Å². The first-order valence-corrected chi connectivity index (χ1v) is 8.02. The third-order valence-corrected chi connectivity index (χ3v) is 4.13. The summed E-state index contributed by atoms with van der Waals surface area (Å²) in [5, 5.41) is 10.7. The van der Waals surface area contributed by atoms with Crippen molar-refractivity contribution in [3.8, 4) is 5.69 Å². The van der Waals surface area contributed by atoms with E-state index >= 15 is 0 Å². The van der Waals surface area contributed by atoms with Crippen LogP contribution in [0.5, 0.6) is 0 Å². The van der Waals surface area contributed by atoms with Gasteiger partial charge in [-0.05, 0) is 31.3 Å². The average molecular weight is 343 g/mol. The highest BCUT2D eigenvalue weighted by molar-refractivity contribution is 5.96. The summed E-state index contributed by atoms with van der Waals surface area (Å²) in [5.41, 5.74) is 7.60. The van der Waals surface area contributed by atoms with Crippen molar-refractivity contribution in [1.82, 2.24) is 24.8 Å². The van der Waals surface area contributed by atoms with Crippen molar-refractivity contribution in [2.45, 2.75) is 6.92 Å². The second-order valence-electron chi connectivity index (χ2n) is 6.06. The summed E-state index contributed by atoms with van der Waals surface area (Å²) in [6.07, 6.45) is 0. The molecule has 1 saturated heterocycles. The molecule has 0 unspecified atom stereocenters. The molecule has 3 rings (SSSR count). The highest BCUT2D eigenvalue weighted by Gasteiger charge is 2.26. The number of piperazine rings is 1. The van der Waals surface area contributed by atoms with Crippen molar-refractivity contribution < 1.29 is 9.59 Å². The molecule has 9 nitrogen and oxygen atoms in total. The summed E-state index contributed by atoms with van der Waals surface area (Å²) in [5.74, 6) is -0.143. The second-order valence-corrected chi connectivity index (χ2v) is 6.06. The first-order valence-electron chi connectivity index (χ1n) is 8.02.